The Kier molecular flexibility index (Phi) is 3.31. The Balaban J connectivity index is 2.45. The molecule has 1 fully saturated rings. The van der Waals surface area contributed by atoms with E-state index in [-0.39, 0.29) is 6.04 Å². The van der Waals surface area contributed by atoms with Crippen molar-refractivity contribution in [1.29, 1.82) is 0 Å². The SMILES string of the molecule is CC(C)C1CCN(C(C)C(=O)O)C1. The normalized spacial score (nSPS) is 26.6. The van der Waals surface area contributed by atoms with Crippen molar-refractivity contribution in [2.75, 3.05) is 13.1 Å². The number of carbonyl (C=O) groups is 1. The summed E-state index contributed by atoms with van der Waals surface area (Å²) in [4.78, 5) is 12.8. The molecule has 1 saturated heterocycles. The van der Waals surface area contributed by atoms with Gasteiger partial charge < -0.3 is 5.11 Å². The van der Waals surface area contributed by atoms with Crippen LogP contribution in [0, 0.1) is 11.8 Å². The summed E-state index contributed by atoms with van der Waals surface area (Å²) < 4.78 is 0. The lowest BCUT2D eigenvalue weighted by Crippen LogP contribution is -2.37. The summed E-state index contributed by atoms with van der Waals surface area (Å²) in [5, 5.41) is 8.83. The van der Waals surface area contributed by atoms with Gasteiger partial charge in [-0.3, -0.25) is 9.69 Å². The molecule has 0 aromatic heterocycles. The van der Waals surface area contributed by atoms with E-state index < -0.39 is 5.97 Å². The molecule has 0 bridgehead atoms. The highest BCUT2D eigenvalue weighted by atomic mass is 16.4. The Morgan fingerprint density at radius 1 is 1.46 bits per heavy atom. The number of hydrogen-bond acceptors (Lipinski definition) is 2. The Morgan fingerprint density at radius 2 is 2.08 bits per heavy atom. The van der Waals surface area contributed by atoms with Gasteiger partial charge in [-0.2, -0.15) is 0 Å². The highest BCUT2D eigenvalue weighted by Crippen LogP contribution is 2.24. The van der Waals surface area contributed by atoms with E-state index in [1.54, 1.807) is 6.92 Å². The molecule has 3 heteroatoms. The van der Waals surface area contributed by atoms with E-state index in [1.165, 1.54) is 0 Å². The fraction of sp³-hybridized carbons (Fsp3) is 0.900. The monoisotopic (exact) mass is 185 g/mol. The van der Waals surface area contributed by atoms with Crippen molar-refractivity contribution in [3.8, 4) is 0 Å². The number of hydrogen-bond donors (Lipinski definition) is 1. The topological polar surface area (TPSA) is 40.5 Å². The van der Waals surface area contributed by atoms with Crippen molar-refractivity contribution in [2.45, 2.75) is 33.2 Å². The fourth-order valence-electron chi connectivity index (χ4n) is 1.87. The molecule has 1 N–H and O–H groups in total. The van der Waals surface area contributed by atoms with Crippen LogP contribution in [0.4, 0.5) is 0 Å². The lowest BCUT2D eigenvalue weighted by molar-refractivity contribution is -0.142. The van der Waals surface area contributed by atoms with Gasteiger partial charge in [0.15, 0.2) is 0 Å². The fourth-order valence-corrected chi connectivity index (χ4v) is 1.87. The maximum absolute atomic E-state index is 10.7. The van der Waals surface area contributed by atoms with Crippen LogP contribution in [0.15, 0.2) is 0 Å². The molecule has 2 unspecified atom stereocenters. The predicted octanol–water partition coefficient (Wildman–Crippen LogP) is 1.44. The van der Waals surface area contributed by atoms with Crippen LogP contribution in [-0.2, 0) is 4.79 Å². The largest absolute Gasteiger partial charge is 0.480 e. The third kappa shape index (κ3) is 2.44. The maximum atomic E-state index is 10.7. The third-order valence-electron chi connectivity index (χ3n) is 3.10. The van der Waals surface area contributed by atoms with Gasteiger partial charge >= 0.3 is 5.97 Å². The molecular formula is C10H19NO2. The van der Waals surface area contributed by atoms with Crippen LogP contribution in [0.1, 0.15) is 27.2 Å². The van der Waals surface area contributed by atoms with Gasteiger partial charge in [0.05, 0.1) is 0 Å². The molecule has 0 aromatic carbocycles. The Hall–Kier alpha value is -0.570. The van der Waals surface area contributed by atoms with Crippen molar-refractivity contribution in [3.05, 3.63) is 0 Å². The quantitative estimate of drug-likeness (QED) is 0.723. The van der Waals surface area contributed by atoms with Gasteiger partial charge in [0.25, 0.3) is 0 Å². The molecule has 1 aliphatic heterocycles. The van der Waals surface area contributed by atoms with Gasteiger partial charge in [-0.1, -0.05) is 13.8 Å². The standard InChI is InChI=1S/C10H19NO2/c1-7(2)9-4-5-11(6-9)8(3)10(12)13/h7-9H,4-6H2,1-3H3,(H,12,13). The van der Waals surface area contributed by atoms with Crippen LogP contribution in [-0.4, -0.2) is 35.1 Å². The third-order valence-corrected chi connectivity index (χ3v) is 3.10. The highest BCUT2D eigenvalue weighted by molar-refractivity contribution is 5.72. The second kappa shape index (κ2) is 4.09. The lowest BCUT2D eigenvalue weighted by atomic mass is 9.95. The molecule has 0 spiro atoms. The van der Waals surface area contributed by atoms with Gasteiger partial charge in [-0.15, -0.1) is 0 Å². The van der Waals surface area contributed by atoms with E-state index in [0.29, 0.717) is 11.8 Å². The number of rotatable bonds is 3. The number of likely N-dealkylation sites (tertiary alicyclic amines) is 1. The summed E-state index contributed by atoms with van der Waals surface area (Å²) in [6.07, 6.45) is 1.15. The van der Waals surface area contributed by atoms with Gasteiger partial charge in [0.1, 0.15) is 6.04 Å². The van der Waals surface area contributed by atoms with Crippen molar-refractivity contribution in [1.82, 2.24) is 4.90 Å². The van der Waals surface area contributed by atoms with Crippen LogP contribution >= 0.6 is 0 Å². The van der Waals surface area contributed by atoms with Crippen LogP contribution < -0.4 is 0 Å². The zero-order valence-electron chi connectivity index (χ0n) is 8.66. The Bertz CT molecular complexity index is 191. The van der Waals surface area contributed by atoms with Gasteiger partial charge in [-0.05, 0) is 31.7 Å². The molecule has 1 heterocycles. The molecule has 0 radical (unpaired) electrons. The molecule has 0 saturated carbocycles. The lowest BCUT2D eigenvalue weighted by Gasteiger charge is -2.21. The number of carboxylic acids is 1. The molecule has 3 nitrogen and oxygen atoms in total. The summed E-state index contributed by atoms with van der Waals surface area (Å²) >= 11 is 0. The first kappa shape index (κ1) is 10.5. The zero-order valence-corrected chi connectivity index (χ0v) is 8.66. The minimum atomic E-state index is -0.704. The summed E-state index contributed by atoms with van der Waals surface area (Å²) in [6.45, 7) is 8.08. The van der Waals surface area contributed by atoms with E-state index in [0.717, 1.165) is 19.5 Å². The maximum Gasteiger partial charge on any atom is 0.320 e. The van der Waals surface area contributed by atoms with E-state index in [2.05, 4.69) is 18.7 Å². The second-order valence-electron chi connectivity index (χ2n) is 4.30. The smallest absolute Gasteiger partial charge is 0.320 e. The average Bonchev–Trinajstić information content (AvgIpc) is 2.50. The number of carboxylic acid groups (broad SMARTS) is 1. The van der Waals surface area contributed by atoms with Crippen molar-refractivity contribution >= 4 is 5.97 Å². The van der Waals surface area contributed by atoms with Crippen molar-refractivity contribution in [3.63, 3.8) is 0 Å². The molecule has 1 rings (SSSR count). The highest BCUT2D eigenvalue weighted by Gasteiger charge is 2.30. The molecule has 0 aromatic rings. The Morgan fingerprint density at radius 3 is 2.46 bits per heavy atom. The summed E-state index contributed by atoms with van der Waals surface area (Å²) in [7, 11) is 0. The zero-order chi connectivity index (χ0) is 10.0. The molecule has 76 valence electrons. The summed E-state index contributed by atoms with van der Waals surface area (Å²) in [5.74, 6) is 0.650. The van der Waals surface area contributed by atoms with Gasteiger partial charge in [0, 0.05) is 6.54 Å². The summed E-state index contributed by atoms with van der Waals surface area (Å²) in [6, 6.07) is -0.316. The minimum Gasteiger partial charge on any atom is -0.480 e. The molecule has 1 aliphatic rings. The van der Waals surface area contributed by atoms with Crippen molar-refractivity contribution in [2.24, 2.45) is 11.8 Å². The van der Waals surface area contributed by atoms with Crippen LogP contribution in [0.3, 0.4) is 0 Å². The van der Waals surface area contributed by atoms with E-state index in [9.17, 15) is 4.79 Å². The van der Waals surface area contributed by atoms with E-state index in [1.807, 2.05) is 0 Å². The van der Waals surface area contributed by atoms with E-state index >= 15 is 0 Å². The Labute approximate surface area is 79.7 Å². The second-order valence-corrected chi connectivity index (χ2v) is 4.30. The van der Waals surface area contributed by atoms with Crippen LogP contribution in [0.2, 0.25) is 0 Å². The van der Waals surface area contributed by atoms with Gasteiger partial charge in [0.2, 0.25) is 0 Å². The van der Waals surface area contributed by atoms with Crippen molar-refractivity contribution < 1.29 is 9.90 Å². The molecular weight excluding hydrogens is 166 g/mol. The number of aliphatic carboxylic acids is 1. The molecule has 0 aliphatic carbocycles. The average molecular weight is 185 g/mol. The predicted molar refractivity (Wildman–Crippen MR) is 51.6 cm³/mol. The molecule has 0 amide bonds. The first-order valence-corrected chi connectivity index (χ1v) is 4.99. The van der Waals surface area contributed by atoms with E-state index in [4.69, 9.17) is 5.11 Å². The summed E-state index contributed by atoms with van der Waals surface area (Å²) in [5.41, 5.74) is 0. The molecule has 2 atom stereocenters. The molecule has 13 heavy (non-hydrogen) atoms. The first-order chi connectivity index (χ1) is 6.02. The minimum absolute atomic E-state index is 0.316. The van der Waals surface area contributed by atoms with Crippen LogP contribution in [0.25, 0.3) is 0 Å². The number of nitrogens with zero attached hydrogens (tertiary/aromatic N) is 1. The van der Waals surface area contributed by atoms with Crippen LogP contribution in [0.5, 0.6) is 0 Å². The first-order valence-electron chi connectivity index (χ1n) is 4.99. The van der Waals surface area contributed by atoms with Gasteiger partial charge in [-0.25, -0.2) is 0 Å².